The third-order valence-corrected chi connectivity index (χ3v) is 4.17. The van der Waals surface area contributed by atoms with Crippen molar-refractivity contribution in [2.75, 3.05) is 17.7 Å². The molecule has 0 unspecified atom stereocenters. The Morgan fingerprint density at radius 3 is 2.24 bits per heavy atom. The molecule has 0 bridgehead atoms. The van der Waals surface area contributed by atoms with Crippen molar-refractivity contribution in [2.24, 2.45) is 0 Å². The van der Waals surface area contributed by atoms with Gasteiger partial charge >= 0.3 is 6.03 Å². The van der Waals surface area contributed by atoms with Crippen molar-refractivity contribution in [1.82, 2.24) is 9.97 Å². The van der Waals surface area contributed by atoms with Gasteiger partial charge in [-0.05, 0) is 48.5 Å². The van der Waals surface area contributed by atoms with Crippen LogP contribution in [0.1, 0.15) is 0 Å². The van der Waals surface area contributed by atoms with E-state index in [1.165, 1.54) is 6.33 Å². The molecule has 4 rings (SSSR count). The lowest BCUT2D eigenvalue weighted by molar-refractivity contribution is 0.262. The number of carbonyl (C=O) groups excluding carboxylic acids is 1. The summed E-state index contributed by atoms with van der Waals surface area (Å²) >= 11 is 0. The number of urea groups is 1. The van der Waals surface area contributed by atoms with Gasteiger partial charge in [0.05, 0.1) is 18.0 Å². The third kappa shape index (κ3) is 4.41. The van der Waals surface area contributed by atoms with Gasteiger partial charge in [-0.1, -0.05) is 18.2 Å². The summed E-state index contributed by atoms with van der Waals surface area (Å²) in [5.74, 6) is 1.75. The molecule has 4 aromatic rings. The van der Waals surface area contributed by atoms with Crippen LogP contribution < -0.4 is 20.1 Å². The fraction of sp³-hybridized carbons (Fsp3) is 0.0455. The highest BCUT2D eigenvalue weighted by Crippen LogP contribution is 2.29. The van der Waals surface area contributed by atoms with Crippen molar-refractivity contribution >= 4 is 28.3 Å². The van der Waals surface area contributed by atoms with E-state index in [1.807, 2.05) is 48.5 Å². The van der Waals surface area contributed by atoms with Gasteiger partial charge in [0, 0.05) is 17.4 Å². The van der Waals surface area contributed by atoms with Crippen LogP contribution in [0, 0.1) is 0 Å². The number of anilines is 2. The molecule has 2 amide bonds. The molecule has 1 heterocycles. The molecule has 0 aliphatic carbocycles. The number of aromatic nitrogens is 2. The first-order valence-electron chi connectivity index (χ1n) is 8.91. The molecule has 144 valence electrons. The largest absolute Gasteiger partial charge is 0.497 e. The van der Waals surface area contributed by atoms with Gasteiger partial charge in [0.1, 0.15) is 17.8 Å². The highest BCUT2D eigenvalue weighted by Gasteiger charge is 2.08. The Labute approximate surface area is 167 Å². The zero-order valence-corrected chi connectivity index (χ0v) is 15.6. The van der Waals surface area contributed by atoms with E-state index in [-0.39, 0.29) is 6.03 Å². The number of para-hydroxylation sites is 1. The van der Waals surface area contributed by atoms with Gasteiger partial charge < -0.3 is 20.1 Å². The van der Waals surface area contributed by atoms with Gasteiger partial charge in [-0.25, -0.2) is 14.8 Å². The van der Waals surface area contributed by atoms with Crippen LogP contribution in [0.5, 0.6) is 17.4 Å². The average Bonchev–Trinajstić information content (AvgIpc) is 2.75. The smallest absolute Gasteiger partial charge is 0.323 e. The molecule has 0 aliphatic rings. The first kappa shape index (κ1) is 18.2. The van der Waals surface area contributed by atoms with E-state index in [1.54, 1.807) is 31.4 Å². The third-order valence-electron chi connectivity index (χ3n) is 4.17. The molecule has 0 atom stereocenters. The van der Waals surface area contributed by atoms with Crippen LogP contribution in [-0.2, 0) is 0 Å². The van der Waals surface area contributed by atoms with Crippen molar-refractivity contribution < 1.29 is 14.3 Å². The summed E-state index contributed by atoms with van der Waals surface area (Å²) in [6.07, 6.45) is 1.45. The number of fused-ring (bicyclic) bond motifs is 1. The maximum atomic E-state index is 12.1. The number of hydrogen-bond acceptors (Lipinski definition) is 5. The highest BCUT2D eigenvalue weighted by molar-refractivity contribution is 5.99. The fourth-order valence-electron chi connectivity index (χ4n) is 2.75. The van der Waals surface area contributed by atoms with Gasteiger partial charge in [0.2, 0.25) is 5.88 Å². The lowest BCUT2D eigenvalue weighted by Gasteiger charge is -2.10. The molecular formula is C22H18N4O3. The minimum atomic E-state index is -0.319. The first-order valence-corrected chi connectivity index (χ1v) is 8.91. The van der Waals surface area contributed by atoms with E-state index >= 15 is 0 Å². The predicted octanol–water partition coefficient (Wildman–Crippen LogP) is 5.07. The maximum absolute atomic E-state index is 12.1. The SMILES string of the molecule is COc1ccc2c(Oc3ccc(NC(=O)Nc4ccccc4)cc3)ncnc2c1. The van der Waals surface area contributed by atoms with Crippen LogP contribution >= 0.6 is 0 Å². The molecular weight excluding hydrogens is 368 g/mol. The van der Waals surface area contributed by atoms with Crippen LogP contribution in [0.2, 0.25) is 0 Å². The Bertz CT molecular complexity index is 1130. The van der Waals surface area contributed by atoms with Crippen LogP contribution in [0.15, 0.2) is 79.1 Å². The zero-order chi connectivity index (χ0) is 20.1. The zero-order valence-electron chi connectivity index (χ0n) is 15.6. The fourth-order valence-corrected chi connectivity index (χ4v) is 2.75. The van der Waals surface area contributed by atoms with E-state index in [0.717, 1.165) is 16.6 Å². The average molecular weight is 386 g/mol. The van der Waals surface area contributed by atoms with Crippen molar-refractivity contribution in [1.29, 1.82) is 0 Å². The van der Waals surface area contributed by atoms with Crippen LogP contribution in [0.25, 0.3) is 10.9 Å². The summed E-state index contributed by atoms with van der Waals surface area (Å²) in [5, 5.41) is 6.32. The van der Waals surface area contributed by atoms with Gasteiger partial charge in [0.15, 0.2) is 0 Å². The van der Waals surface area contributed by atoms with Crippen LogP contribution in [-0.4, -0.2) is 23.1 Å². The number of hydrogen-bond donors (Lipinski definition) is 2. The van der Waals surface area contributed by atoms with Crippen molar-refractivity contribution in [3.8, 4) is 17.4 Å². The summed E-state index contributed by atoms with van der Waals surface area (Å²) < 4.78 is 11.1. The number of carbonyl (C=O) groups is 1. The number of benzene rings is 3. The first-order chi connectivity index (χ1) is 14.2. The topological polar surface area (TPSA) is 85.4 Å². The molecule has 7 heteroatoms. The molecule has 0 fully saturated rings. The lowest BCUT2D eigenvalue weighted by Crippen LogP contribution is -2.19. The van der Waals surface area contributed by atoms with E-state index in [9.17, 15) is 4.79 Å². The monoisotopic (exact) mass is 386 g/mol. The molecule has 0 spiro atoms. The number of methoxy groups -OCH3 is 1. The highest BCUT2D eigenvalue weighted by atomic mass is 16.5. The minimum Gasteiger partial charge on any atom is -0.497 e. The van der Waals surface area contributed by atoms with Crippen LogP contribution in [0.3, 0.4) is 0 Å². The second-order valence-corrected chi connectivity index (χ2v) is 6.13. The minimum absolute atomic E-state index is 0.319. The van der Waals surface area contributed by atoms with E-state index in [0.29, 0.717) is 23.1 Å². The van der Waals surface area contributed by atoms with Crippen molar-refractivity contribution in [3.05, 3.63) is 79.1 Å². The molecule has 7 nitrogen and oxygen atoms in total. The van der Waals surface area contributed by atoms with E-state index in [4.69, 9.17) is 9.47 Å². The summed E-state index contributed by atoms with van der Waals surface area (Å²) in [7, 11) is 1.61. The molecule has 0 aliphatic heterocycles. The van der Waals surface area contributed by atoms with E-state index < -0.39 is 0 Å². The Hall–Kier alpha value is -4.13. The Balaban J connectivity index is 1.44. The lowest BCUT2D eigenvalue weighted by atomic mass is 10.2. The summed E-state index contributed by atoms with van der Waals surface area (Å²) in [6, 6.07) is 21.5. The second kappa shape index (κ2) is 8.26. The van der Waals surface area contributed by atoms with E-state index in [2.05, 4.69) is 20.6 Å². The maximum Gasteiger partial charge on any atom is 0.323 e. The van der Waals surface area contributed by atoms with Gasteiger partial charge in [0.25, 0.3) is 0 Å². The van der Waals surface area contributed by atoms with Gasteiger partial charge in [-0.15, -0.1) is 0 Å². The quantitative estimate of drug-likeness (QED) is 0.500. The summed E-state index contributed by atoms with van der Waals surface area (Å²) in [4.78, 5) is 20.5. The summed E-state index contributed by atoms with van der Waals surface area (Å²) in [6.45, 7) is 0. The molecule has 2 N–H and O–H groups in total. The van der Waals surface area contributed by atoms with Crippen molar-refractivity contribution in [3.63, 3.8) is 0 Å². The Morgan fingerprint density at radius 2 is 1.52 bits per heavy atom. The number of ether oxygens (including phenoxy) is 2. The molecule has 0 radical (unpaired) electrons. The summed E-state index contributed by atoms with van der Waals surface area (Å²) in [5.41, 5.74) is 2.09. The Morgan fingerprint density at radius 1 is 0.828 bits per heavy atom. The molecule has 0 saturated heterocycles. The number of amides is 2. The second-order valence-electron chi connectivity index (χ2n) is 6.13. The molecule has 0 saturated carbocycles. The molecule has 1 aromatic heterocycles. The van der Waals surface area contributed by atoms with Gasteiger partial charge in [-0.3, -0.25) is 0 Å². The molecule has 29 heavy (non-hydrogen) atoms. The number of nitrogens with one attached hydrogen (secondary N) is 2. The van der Waals surface area contributed by atoms with Crippen molar-refractivity contribution in [2.45, 2.75) is 0 Å². The normalized spacial score (nSPS) is 10.4. The number of rotatable bonds is 5. The van der Waals surface area contributed by atoms with Gasteiger partial charge in [-0.2, -0.15) is 0 Å². The Kier molecular flexibility index (Phi) is 5.20. The molecule has 3 aromatic carbocycles. The standard InChI is InChI=1S/C22H18N4O3/c1-28-18-11-12-19-20(13-18)23-14-24-21(19)29-17-9-7-16(8-10-17)26-22(27)25-15-5-3-2-4-6-15/h2-14H,1H3,(H2,25,26,27). The number of nitrogens with zero attached hydrogens (tertiary/aromatic N) is 2. The van der Waals surface area contributed by atoms with Crippen LogP contribution in [0.4, 0.5) is 16.2 Å². The predicted molar refractivity (Wildman–Crippen MR) is 112 cm³/mol.